The van der Waals surface area contributed by atoms with E-state index in [0.717, 1.165) is 5.56 Å². The molecule has 2 aromatic heterocycles. The molecule has 0 saturated heterocycles. The van der Waals surface area contributed by atoms with Gasteiger partial charge in [0, 0.05) is 43.4 Å². The van der Waals surface area contributed by atoms with Crippen molar-refractivity contribution in [2.45, 2.75) is 6.42 Å². The van der Waals surface area contributed by atoms with Crippen molar-refractivity contribution in [1.82, 2.24) is 14.9 Å². The van der Waals surface area contributed by atoms with Crippen LogP contribution in [0.5, 0.6) is 0 Å². The zero-order valence-corrected chi connectivity index (χ0v) is 15.3. The van der Waals surface area contributed by atoms with Crippen LogP contribution in [0, 0.1) is 5.82 Å². The molecule has 2 heterocycles. The minimum absolute atomic E-state index is 0.109. The van der Waals surface area contributed by atoms with E-state index < -0.39 is 11.7 Å². The first kappa shape index (κ1) is 19.2. The minimum atomic E-state index is -0.472. The molecule has 0 fully saturated rings. The largest absolute Gasteiger partial charge is 0.341 e. The van der Waals surface area contributed by atoms with E-state index in [2.05, 4.69) is 15.3 Å². The molecule has 0 spiro atoms. The number of carbonyl (C=O) groups is 2. The van der Waals surface area contributed by atoms with Crippen molar-refractivity contribution < 1.29 is 14.0 Å². The van der Waals surface area contributed by atoms with Gasteiger partial charge in [0.05, 0.1) is 0 Å². The number of benzene rings is 1. The molecular formula is C21H19FN4O2. The lowest BCUT2D eigenvalue weighted by molar-refractivity contribution is 0.0796. The monoisotopic (exact) mass is 378 g/mol. The molecule has 0 bridgehead atoms. The summed E-state index contributed by atoms with van der Waals surface area (Å²) >= 11 is 0. The van der Waals surface area contributed by atoms with Crippen LogP contribution in [0.25, 0.3) is 0 Å². The second-order valence-corrected chi connectivity index (χ2v) is 6.22. The Morgan fingerprint density at radius 2 is 1.75 bits per heavy atom. The molecule has 1 N–H and O–H groups in total. The van der Waals surface area contributed by atoms with E-state index in [4.69, 9.17) is 0 Å². The third-order valence-corrected chi connectivity index (χ3v) is 4.17. The zero-order chi connectivity index (χ0) is 19.9. The Balaban J connectivity index is 1.65. The Labute approximate surface area is 162 Å². The zero-order valence-electron chi connectivity index (χ0n) is 15.3. The SMILES string of the molecule is CN(CCc1ccncc1)C(=O)c1ccnc(C(=O)Nc2ccc(F)cc2)c1. The molecular weight excluding hydrogens is 359 g/mol. The molecule has 1 aromatic carbocycles. The summed E-state index contributed by atoms with van der Waals surface area (Å²) in [4.78, 5) is 34.6. The first-order valence-corrected chi connectivity index (χ1v) is 8.70. The second-order valence-electron chi connectivity index (χ2n) is 6.22. The Hall–Kier alpha value is -3.61. The predicted molar refractivity (Wildman–Crippen MR) is 103 cm³/mol. The number of nitrogens with zero attached hydrogens (tertiary/aromatic N) is 3. The van der Waals surface area contributed by atoms with E-state index in [0.29, 0.717) is 24.2 Å². The van der Waals surface area contributed by atoms with Gasteiger partial charge in [-0.05, 0) is 60.5 Å². The van der Waals surface area contributed by atoms with Gasteiger partial charge in [-0.1, -0.05) is 0 Å². The van der Waals surface area contributed by atoms with Gasteiger partial charge in [0.1, 0.15) is 11.5 Å². The van der Waals surface area contributed by atoms with Crippen LogP contribution in [0.15, 0.2) is 67.1 Å². The van der Waals surface area contributed by atoms with Gasteiger partial charge in [-0.3, -0.25) is 19.6 Å². The maximum Gasteiger partial charge on any atom is 0.274 e. The Morgan fingerprint density at radius 1 is 1.04 bits per heavy atom. The molecule has 28 heavy (non-hydrogen) atoms. The van der Waals surface area contributed by atoms with E-state index in [1.807, 2.05) is 12.1 Å². The molecule has 0 aliphatic heterocycles. The molecule has 0 aliphatic rings. The van der Waals surface area contributed by atoms with Gasteiger partial charge in [-0.25, -0.2) is 4.39 Å². The molecule has 2 amide bonds. The number of hydrogen-bond donors (Lipinski definition) is 1. The fraction of sp³-hybridized carbons (Fsp3) is 0.143. The number of aromatic nitrogens is 2. The number of nitrogens with one attached hydrogen (secondary N) is 1. The molecule has 0 radical (unpaired) electrons. The molecule has 6 nitrogen and oxygen atoms in total. The van der Waals surface area contributed by atoms with Crippen molar-refractivity contribution in [3.63, 3.8) is 0 Å². The van der Waals surface area contributed by atoms with Gasteiger partial charge in [0.2, 0.25) is 0 Å². The lowest BCUT2D eigenvalue weighted by Crippen LogP contribution is -2.29. The number of anilines is 1. The Bertz CT molecular complexity index is 962. The lowest BCUT2D eigenvalue weighted by atomic mass is 10.1. The third-order valence-electron chi connectivity index (χ3n) is 4.17. The molecule has 0 unspecified atom stereocenters. The van der Waals surface area contributed by atoms with Crippen molar-refractivity contribution in [1.29, 1.82) is 0 Å². The first-order chi connectivity index (χ1) is 13.5. The maximum atomic E-state index is 13.0. The van der Waals surface area contributed by atoms with Crippen molar-refractivity contribution in [2.24, 2.45) is 0 Å². The molecule has 142 valence electrons. The highest BCUT2D eigenvalue weighted by Gasteiger charge is 2.15. The summed E-state index contributed by atoms with van der Waals surface area (Å²) in [7, 11) is 1.71. The number of likely N-dealkylation sites (N-methyl/N-ethyl adjacent to an activating group) is 1. The molecule has 0 aliphatic carbocycles. The normalized spacial score (nSPS) is 10.4. The Morgan fingerprint density at radius 3 is 2.46 bits per heavy atom. The number of amides is 2. The quantitative estimate of drug-likeness (QED) is 0.715. The van der Waals surface area contributed by atoms with E-state index in [-0.39, 0.29) is 11.6 Å². The fourth-order valence-corrected chi connectivity index (χ4v) is 2.58. The maximum absolute atomic E-state index is 13.0. The Kier molecular flexibility index (Phi) is 6.06. The van der Waals surface area contributed by atoms with Crippen LogP contribution in [0.2, 0.25) is 0 Å². The summed E-state index contributed by atoms with van der Waals surface area (Å²) in [5, 5.41) is 2.63. The van der Waals surface area contributed by atoms with Crippen LogP contribution < -0.4 is 5.32 Å². The van der Waals surface area contributed by atoms with Crippen molar-refractivity contribution in [3.8, 4) is 0 Å². The van der Waals surface area contributed by atoms with Gasteiger partial charge in [-0.15, -0.1) is 0 Å². The number of rotatable bonds is 6. The van der Waals surface area contributed by atoms with E-state index in [1.165, 1.54) is 36.5 Å². The van der Waals surface area contributed by atoms with Crippen LogP contribution in [-0.4, -0.2) is 40.3 Å². The standard InChI is InChI=1S/C21H19FN4O2/c1-26(13-9-15-6-10-23-11-7-15)21(28)16-8-12-24-19(14-16)20(27)25-18-4-2-17(22)3-5-18/h2-8,10-12,14H,9,13H2,1H3,(H,25,27). The number of carbonyl (C=O) groups excluding carboxylic acids is 2. The minimum Gasteiger partial charge on any atom is -0.341 e. The average molecular weight is 378 g/mol. The number of pyridine rings is 2. The molecule has 0 saturated carbocycles. The van der Waals surface area contributed by atoms with Gasteiger partial charge < -0.3 is 10.2 Å². The van der Waals surface area contributed by atoms with E-state index >= 15 is 0 Å². The molecule has 3 rings (SSSR count). The fourth-order valence-electron chi connectivity index (χ4n) is 2.58. The van der Waals surface area contributed by atoms with Crippen molar-refractivity contribution in [2.75, 3.05) is 18.9 Å². The molecule has 7 heteroatoms. The van der Waals surface area contributed by atoms with Crippen LogP contribution in [0.1, 0.15) is 26.4 Å². The number of halogens is 1. The highest BCUT2D eigenvalue weighted by atomic mass is 19.1. The summed E-state index contributed by atoms with van der Waals surface area (Å²) in [6.45, 7) is 0.530. The second kappa shape index (κ2) is 8.85. The highest BCUT2D eigenvalue weighted by Crippen LogP contribution is 2.12. The topological polar surface area (TPSA) is 75.2 Å². The van der Waals surface area contributed by atoms with E-state index in [9.17, 15) is 14.0 Å². The van der Waals surface area contributed by atoms with Gasteiger partial charge in [0.25, 0.3) is 11.8 Å². The smallest absolute Gasteiger partial charge is 0.274 e. The molecule has 3 aromatic rings. The predicted octanol–water partition coefficient (Wildman–Crippen LogP) is 3.18. The van der Waals surface area contributed by atoms with Crippen LogP contribution in [0.3, 0.4) is 0 Å². The van der Waals surface area contributed by atoms with Crippen LogP contribution >= 0.6 is 0 Å². The summed E-state index contributed by atoms with van der Waals surface area (Å²) in [5.74, 6) is -1.06. The van der Waals surface area contributed by atoms with Gasteiger partial charge >= 0.3 is 0 Å². The summed E-state index contributed by atoms with van der Waals surface area (Å²) in [6, 6.07) is 12.2. The van der Waals surface area contributed by atoms with Crippen LogP contribution in [0.4, 0.5) is 10.1 Å². The summed E-state index contributed by atoms with van der Waals surface area (Å²) in [6.07, 6.45) is 5.55. The average Bonchev–Trinajstić information content (AvgIpc) is 2.74. The summed E-state index contributed by atoms with van der Waals surface area (Å²) in [5.41, 5.74) is 2.01. The van der Waals surface area contributed by atoms with Crippen LogP contribution in [-0.2, 0) is 6.42 Å². The highest BCUT2D eigenvalue weighted by molar-refractivity contribution is 6.04. The first-order valence-electron chi connectivity index (χ1n) is 8.70. The lowest BCUT2D eigenvalue weighted by Gasteiger charge is -2.17. The van der Waals surface area contributed by atoms with E-state index in [1.54, 1.807) is 30.4 Å². The molecule has 0 atom stereocenters. The van der Waals surface area contributed by atoms with Crippen molar-refractivity contribution >= 4 is 17.5 Å². The third kappa shape index (κ3) is 4.97. The van der Waals surface area contributed by atoms with Crippen molar-refractivity contribution in [3.05, 3.63) is 89.8 Å². The van der Waals surface area contributed by atoms with Gasteiger partial charge in [0.15, 0.2) is 0 Å². The summed E-state index contributed by atoms with van der Waals surface area (Å²) < 4.78 is 13.0. The van der Waals surface area contributed by atoms with Gasteiger partial charge in [-0.2, -0.15) is 0 Å². The number of hydrogen-bond acceptors (Lipinski definition) is 4.